The molecule has 1 saturated heterocycles. The zero-order valence-electron chi connectivity index (χ0n) is 7.98. The number of rotatable bonds is 1. The van der Waals surface area contributed by atoms with Crippen LogP contribution in [0, 0.1) is 5.41 Å². The van der Waals surface area contributed by atoms with Crippen LogP contribution in [0.15, 0.2) is 0 Å². The van der Waals surface area contributed by atoms with Crippen LogP contribution in [-0.4, -0.2) is 25.8 Å². The Kier molecular flexibility index (Phi) is 2.55. The molecule has 0 spiro atoms. The van der Waals surface area contributed by atoms with E-state index in [1.807, 2.05) is 7.05 Å². The molecule has 2 nitrogen and oxygen atoms in total. The molecule has 2 atom stereocenters. The first kappa shape index (κ1) is 9.01. The van der Waals surface area contributed by atoms with Crippen LogP contribution in [0.25, 0.3) is 0 Å². The molecule has 2 unspecified atom stereocenters. The molecule has 0 aromatic rings. The molecular formula is C9H19NO. The molecule has 2 heteroatoms. The number of nitrogens with one attached hydrogen (secondary N) is 1. The van der Waals surface area contributed by atoms with Crippen molar-refractivity contribution in [3.63, 3.8) is 0 Å². The highest BCUT2D eigenvalue weighted by atomic mass is 16.5. The molecule has 1 aliphatic heterocycles. The van der Waals surface area contributed by atoms with Gasteiger partial charge in [-0.1, -0.05) is 20.8 Å². The summed E-state index contributed by atoms with van der Waals surface area (Å²) in [6.07, 6.45) is 1.58. The molecule has 0 saturated carbocycles. The number of hydrogen-bond donors (Lipinski definition) is 1. The summed E-state index contributed by atoms with van der Waals surface area (Å²) in [6.45, 7) is 7.57. The van der Waals surface area contributed by atoms with Gasteiger partial charge in [-0.2, -0.15) is 0 Å². The van der Waals surface area contributed by atoms with Crippen molar-refractivity contribution in [1.29, 1.82) is 0 Å². The highest BCUT2D eigenvalue weighted by Crippen LogP contribution is 2.29. The quantitative estimate of drug-likeness (QED) is 0.621. The molecule has 0 aromatic heterocycles. The molecule has 1 N–H and O–H groups in total. The second kappa shape index (κ2) is 3.11. The van der Waals surface area contributed by atoms with Crippen LogP contribution < -0.4 is 5.32 Å². The fraction of sp³-hybridized carbons (Fsp3) is 1.00. The van der Waals surface area contributed by atoms with Crippen molar-refractivity contribution in [3.05, 3.63) is 0 Å². The first-order chi connectivity index (χ1) is 5.04. The maximum atomic E-state index is 5.66. The Morgan fingerprint density at radius 2 is 2.00 bits per heavy atom. The van der Waals surface area contributed by atoms with Crippen molar-refractivity contribution in [2.45, 2.75) is 39.3 Å². The fourth-order valence-corrected chi connectivity index (χ4v) is 1.43. The molecule has 1 rings (SSSR count). The van der Waals surface area contributed by atoms with Gasteiger partial charge in [0.15, 0.2) is 0 Å². The van der Waals surface area contributed by atoms with E-state index in [4.69, 9.17) is 4.74 Å². The summed E-state index contributed by atoms with van der Waals surface area (Å²) in [5, 5.41) is 3.24. The Bertz CT molecular complexity index is 128. The van der Waals surface area contributed by atoms with E-state index in [0.717, 1.165) is 13.0 Å². The molecule has 0 aliphatic carbocycles. The summed E-state index contributed by atoms with van der Waals surface area (Å²) in [6, 6.07) is 0.569. The van der Waals surface area contributed by atoms with Crippen molar-refractivity contribution in [2.24, 2.45) is 5.41 Å². The first-order valence-corrected chi connectivity index (χ1v) is 4.33. The van der Waals surface area contributed by atoms with Crippen molar-refractivity contribution in [3.8, 4) is 0 Å². The van der Waals surface area contributed by atoms with Gasteiger partial charge in [0.2, 0.25) is 0 Å². The lowest BCUT2D eigenvalue weighted by Crippen LogP contribution is -2.28. The number of likely N-dealkylation sites (N-methyl/N-ethyl adjacent to an activating group) is 1. The minimum atomic E-state index is 0.297. The highest BCUT2D eigenvalue weighted by Gasteiger charge is 2.33. The second-order valence-corrected chi connectivity index (χ2v) is 4.41. The van der Waals surface area contributed by atoms with Crippen molar-refractivity contribution >= 4 is 0 Å². The minimum Gasteiger partial charge on any atom is -0.376 e. The number of ether oxygens (including phenoxy) is 1. The van der Waals surface area contributed by atoms with Gasteiger partial charge in [0.25, 0.3) is 0 Å². The Balaban J connectivity index is 2.42. The predicted octanol–water partition coefficient (Wildman–Crippen LogP) is 1.41. The summed E-state index contributed by atoms with van der Waals surface area (Å²) < 4.78 is 5.66. The summed E-state index contributed by atoms with van der Waals surface area (Å²) in [5.74, 6) is 0. The van der Waals surface area contributed by atoms with E-state index >= 15 is 0 Å². The third-order valence-corrected chi connectivity index (χ3v) is 2.37. The van der Waals surface area contributed by atoms with Gasteiger partial charge in [-0.25, -0.2) is 0 Å². The van der Waals surface area contributed by atoms with E-state index < -0.39 is 0 Å². The van der Waals surface area contributed by atoms with Gasteiger partial charge < -0.3 is 10.1 Å². The van der Waals surface area contributed by atoms with Crippen LogP contribution in [0.4, 0.5) is 0 Å². The van der Waals surface area contributed by atoms with Gasteiger partial charge in [0.05, 0.1) is 12.7 Å². The second-order valence-electron chi connectivity index (χ2n) is 4.41. The van der Waals surface area contributed by atoms with E-state index in [9.17, 15) is 0 Å². The van der Waals surface area contributed by atoms with Crippen LogP contribution in [0.5, 0.6) is 0 Å². The van der Waals surface area contributed by atoms with Gasteiger partial charge in [-0.3, -0.25) is 0 Å². The normalized spacial score (nSPS) is 32.7. The Labute approximate surface area is 69.3 Å². The molecule has 0 amide bonds. The van der Waals surface area contributed by atoms with Crippen LogP contribution in [0.1, 0.15) is 27.2 Å². The topological polar surface area (TPSA) is 21.3 Å². The molecule has 1 aliphatic rings. The number of hydrogen-bond acceptors (Lipinski definition) is 2. The summed E-state index contributed by atoms with van der Waals surface area (Å²) >= 11 is 0. The average Bonchev–Trinajstić information content (AvgIpc) is 2.32. The average molecular weight is 157 g/mol. The maximum Gasteiger partial charge on any atom is 0.0639 e. The van der Waals surface area contributed by atoms with Gasteiger partial charge >= 0.3 is 0 Å². The van der Waals surface area contributed by atoms with Crippen molar-refractivity contribution in [1.82, 2.24) is 5.32 Å². The van der Waals surface area contributed by atoms with E-state index in [0.29, 0.717) is 17.6 Å². The van der Waals surface area contributed by atoms with Gasteiger partial charge in [0.1, 0.15) is 0 Å². The lowest BCUT2D eigenvalue weighted by molar-refractivity contribution is 0.0284. The monoisotopic (exact) mass is 157 g/mol. The SMILES string of the molecule is CNC1COC(C(C)(C)C)C1. The molecule has 66 valence electrons. The van der Waals surface area contributed by atoms with Gasteiger partial charge in [-0.15, -0.1) is 0 Å². The van der Waals surface area contributed by atoms with Crippen LogP contribution >= 0.6 is 0 Å². The smallest absolute Gasteiger partial charge is 0.0639 e. The first-order valence-electron chi connectivity index (χ1n) is 4.33. The molecule has 11 heavy (non-hydrogen) atoms. The largest absolute Gasteiger partial charge is 0.376 e. The van der Waals surface area contributed by atoms with Crippen molar-refractivity contribution < 1.29 is 4.74 Å². The van der Waals surface area contributed by atoms with Crippen LogP contribution in [0.2, 0.25) is 0 Å². The summed E-state index contributed by atoms with van der Waals surface area (Å²) in [5.41, 5.74) is 0.297. The molecular weight excluding hydrogens is 138 g/mol. The Morgan fingerprint density at radius 3 is 2.27 bits per heavy atom. The summed E-state index contributed by atoms with van der Waals surface area (Å²) in [7, 11) is 2.00. The van der Waals surface area contributed by atoms with Crippen molar-refractivity contribution in [2.75, 3.05) is 13.7 Å². The third-order valence-electron chi connectivity index (χ3n) is 2.37. The Hall–Kier alpha value is -0.0800. The zero-order chi connectivity index (χ0) is 8.48. The van der Waals surface area contributed by atoms with E-state index in [2.05, 4.69) is 26.1 Å². The highest BCUT2D eigenvalue weighted by molar-refractivity contribution is 4.85. The van der Waals surface area contributed by atoms with E-state index in [-0.39, 0.29) is 0 Å². The van der Waals surface area contributed by atoms with Crippen LogP contribution in [0.3, 0.4) is 0 Å². The summed E-state index contributed by atoms with van der Waals surface area (Å²) in [4.78, 5) is 0. The Morgan fingerprint density at radius 1 is 1.36 bits per heavy atom. The van der Waals surface area contributed by atoms with E-state index in [1.54, 1.807) is 0 Å². The molecule has 0 radical (unpaired) electrons. The van der Waals surface area contributed by atoms with E-state index in [1.165, 1.54) is 0 Å². The third kappa shape index (κ3) is 2.17. The lowest BCUT2D eigenvalue weighted by atomic mass is 9.87. The molecule has 1 fully saturated rings. The standard InChI is InChI=1S/C9H19NO/c1-9(2,3)8-5-7(10-4)6-11-8/h7-8,10H,5-6H2,1-4H3. The fourth-order valence-electron chi connectivity index (χ4n) is 1.43. The molecule has 0 bridgehead atoms. The van der Waals surface area contributed by atoms with Gasteiger partial charge in [-0.05, 0) is 18.9 Å². The molecule has 0 aromatic carbocycles. The lowest BCUT2D eigenvalue weighted by Gasteiger charge is -2.25. The minimum absolute atomic E-state index is 0.297. The molecule has 1 heterocycles. The van der Waals surface area contributed by atoms with Gasteiger partial charge in [0, 0.05) is 6.04 Å². The van der Waals surface area contributed by atoms with Crippen LogP contribution in [-0.2, 0) is 4.74 Å². The predicted molar refractivity (Wildman–Crippen MR) is 46.7 cm³/mol. The maximum absolute atomic E-state index is 5.66. The zero-order valence-corrected chi connectivity index (χ0v) is 7.98.